The number of hydrogen-bond donors (Lipinski definition) is 1. The smallest absolute Gasteiger partial charge is 0.412 e. The molecule has 1 rings (SSSR count). The molecule has 1 N–H and O–H groups in total. The lowest BCUT2D eigenvalue weighted by atomic mass is 10.2. The Morgan fingerprint density at radius 1 is 1.44 bits per heavy atom. The van der Waals surface area contributed by atoms with Crippen molar-refractivity contribution in [3.63, 3.8) is 0 Å². The van der Waals surface area contributed by atoms with Crippen LogP contribution in [-0.2, 0) is 9.53 Å². The highest BCUT2D eigenvalue weighted by atomic mass is 19.1. The van der Waals surface area contributed by atoms with Crippen molar-refractivity contribution in [1.82, 2.24) is 0 Å². The van der Waals surface area contributed by atoms with Gasteiger partial charge in [0.05, 0.1) is 5.69 Å². The number of ether oxygens (including phenoxy) is 1. The van der Waals surface area contributed by atoms with Crippen molar-refractivity contribution in [2.24, 2.45) is 4.99 Å². The van der Waals surface area contributed by atoms with Gasteiger partial charge in [-0.15, -0.1) is 0 Å². The molecule has 0 heterocycles. The topological polar surface area (TPSA) is 67.8 Å². The molecule has 0 aliphatic rings. The average Bonchev–Trinajstić information content (AvgIpc) is 2.19. The highest BCUT2D eigenvalue weighted by Crippen LogP contribution is 2.25. The Morgan fingerprint density at radius 2 is 2.11 bits per heavy atom. The van der Waals surface area contributed by atoms with Crippen molar-refractivity contribution in [3.05, 3.63) is 24.0 Å². The van der Waals surface area contributed by atoms with Gasteiger partial charge < -0.3 is 4.74 Å². The summed E-state index contributed by atoms with van der Waals surface area (Å²) in [6.07, 6.45) is 0.572. The molecular weight excluding hydrogens is 239 g/mol. The Bertz CT molecular complexity index is 503. The van der Waals surface area contributed by atoms with Gasteiger partial charge in [0.1, 0.15) is 17.1 Å². The fourth-order valence-corrected chi connectivity index (χ4v) is 1.17. The number of amides is 1. The van der Waals surface area contributed by atoms with Crippen LogP contribution in [0.3, 0.4) is 0 Å². The third-order valence-electron chi connectivity index (χ3n) is 1.76. The minimum Gasteiger partial charge on any atom is -0.444 e. The van der Waals surface area contributed by atoms with Crippen LogP contribution >= 0.6 is 0 Å². The summed E-state index contributed by atoms with van der Waals surface area (Å²) in [5.41, 5.74) is -0.518. The van der Waals surface area contributed by atoms with Crippen LogP contribution < -0.4 is 5.32 Å². The van der Waals surface area contributed by atoms with Crippen LogP contribution in [0.2, 0.25) is 0 Å². The van der Waals surface area contributed by atoms with Gasteiger partial charge in [0.2, 0.25) is 6.08 Å². The molecular formula is C12H13FN2O3. The van der Waals surface area contributed by atoms with Crippen LogP contribution in [0.4, 0.5) is 20.6 Å². The lowest BCUT2D eigenvalue weighted by Crippen LogP contribution is -2.27. The molecule has 0 radical (unpaired) electrons. The van der Waals surface area contributed by atoms with Gasteiger partial charge in [-0.2, -0.15) is 4.99 Å². The Kier molecular flexibility index (Phi) is 4.18. The Balaban J connectivity index is 2.92. The van der Waals surface area contributed by atoms with Gasteiger partial charge in [-0.25, -0.2) is 14.0 Å². The fraction of sp³-hybridized carbons (Fsp3) is 0.333. The van der Waals surface area contributed by atoms with E-state index in [1.807, 2.05) is 0 Å². The zero-order chi connectivity index (χ0) is 13.8. The molecule has 6 heteroatoms. The van der Waals surface area contributed by atoms with Gasteiger partial charge >= 0.3 is 6.09 Å². The van der Waals surface area contributed by atoms with E-state index in [0.717, 1.165) is 12.1 Å². The van der Waals surface area contributed by atoms with E-state index in [4.69, 9.17) is 4.74 Å². The summed E-state index contributed by atoms with van der Waals surface area (Å²) in [5, 5.41) is 2.32. The predicted octanol–water partition coefficient (Wildman–Crippen LogP) is 3.14. The molecule has 1 amide bonds. The molecule has 1 aromatic carbocycles. The maximum atomic E-state index is 13.0. The zero-order valence-electron chi connectivity index (χ0n) is 10.3. The van der Waals surface area contributed by atoms with E-state index in [-0.39, 0.29) is 11.4 Å². The number of nitrogens with one attached hydrogen (secondary N) is 1. The Hall–Kier alpha value is -2.20. The van der Waals surface area contributed by atoms with Crippen molar-refractivity contribution in [1.29, 1.82) is 0 Å². The first kappa shape index (κ1) is 13.9. The molecule has 18 heavy (non-hydrogen) atoms. The summed E-state index contributed by atoms with van der Waals surface area (Å²) in [7, 11) is 0. The van der Waals surface area contributed by atoms with Crippen LogP contribution in [0, 0.1) is 5.82 Å². The number of halogens is 1. The number of benzene rings is 1. The number of nitrogens with zero attached hydrogens (tertiary/aromatic N) is 1. The second-order valence-electron chi connectivity index (χ2n) is 4.49. The normalized spacial score (nSPS) is 10.4. The number of carbonyl (C=O) groups excluding carboxylic acids is 2. The molecule has 0 saturated heterocycles. The molecule has 0 unspecified atom stereocenters. The first-order chi connectivity index (χ1) is 8.31. The summed E-state index contributed by atoms with van der Waals surface area (Å²) in [5.74, 6) is -0.564. The van der Waals surface area contributed by atoms with Gasteiger partial charge in [0, 0.05) is 0 Å². The van der Waals surface area contributed by atoms with Crippen molar-refractivity contribution in [2.75, 3.05) is 5.32 Å². The predicted molar refractivity (Wildman–Crippen MR) is 64.0 cm³/mol. The van der Waals surface area contributed by atoms with E-state index < -0.39 is 17.5 Å². The number of carbonyl (C=O) groups is 1. The van der Waals surface area contributed by atoms with Gasteiger partial charge in [0.15, 0.2) is 0 Å². The van der Waals surface area contributed by atoms with Crippen molar-refractivity contribution in [3.8, 4) is 0 Å². The van der Waals surface area contributed by atoms with Gasteiger partial charge in [-0.1, -0.05) is 0 Å². The first-order valence-corrected chi connectivity index (χ1v) is 5.19. The van der Waals surface area contributed by atoms with E-state index in [2.05, 4.69) is 10.3 Å². The van der Waals surface area contributed by atoms with Crippen LogP contribution in [0.1, 0.15) is 20.8 Å². The molecule has 5 nitrogen and oxygen atoms in total. The van der Waals surface area contributed by atoms with Crippen molar-refractivity contribution < 1.29 is 18.7 Å². The van der Waals surface area contributed by atoms with Crippen LogP contribution in [-0.4, -0.2) is 17.8 Å². The Labute approximate surface area is 104 Å². The number of anilines is 1. The maximum Gasteiger partial charge on any atom is 0.412 e. The Morgan fingerprint density at radius 3 is 2.67 bits per heavy atom. The monoisotopic (exact) mass is 252 g/mol. The van der Waals surface area contributed by atoms with Gasteiger partial charge in [-0.05, 0) is 39.0 Å². The minimum absolute atomic E-state index is 0.0487. The number of rotatable bonds is 2. The molecule has 0 atom stereocenters. The van der Waals surface area contributed by atoms with E-state index >= 15 is 0 Å². The highest BCUT2D eigenvalue weighted by molar-refractivity contribution is 5.89. The van der Waals surface area contributed by atoms with Gasteiger partial charge in [-0.3, -0.25) is 5.32 Å². The van der Waals surface area contributed by atoms with Crippen LogP contribution in [0.25, 0.3) is 0 Å². The summed E-state index contributed by atoms with van der Waals surface area (Å²) in [6.45, 7) is 5.09. The number of isocyanates is 1. The maximum absolute atomic E-state index is 13.0. The highest BCUT2D eigenvalue weighted by Gasteiger charge is 2.17. The SMILES string of the molecule is CC(C)(C)OC(=O)Nc1cc(F)ccc1N=C=O. The van der Waals surface area contributed by atoms with Crippen LogP contribution in [0.5, 0.6) is 0 Å². The first-order valence-electron chi connectivity index (χ1n) is 5.19. The molecule has 0 spiro atoms. The third kappa shape index (κ3) is 4.35. The third-order valence-corrected chi connectivity index (χ3v) is 1.76. The minimum atomic E-state index is -0.754. The summed E-state index contributed by atoms with van der Waals surface area (Å²) >= 11 is 0. The zero-order valence-corrected chi connectivity index (χ0v) is 10.3. The fourth-order valence-electron chi connectivity index (χ4n) is 1.17. The lowest BCUT2D eigenvalue weighted by Gasteiger charge is -2.19. The van der Waals surface area contributed by atoms with Crippen LogP contribution in [0.15, 0.2) is 23.2 Å². The quantitative estimate of drug-likeness (QED) is 0.649. The summed E-state index contributed by atoms with van der Waals surface area (Å²) in [4.78, 5) is 25.1. The van der Waals surface area contributed by atoms with Crippen molar-refractivity contribution in [2.45, 2.75) is 26.4 Å². The van der Waals surface area contributed by atoms with Gasteiger partial charge in [0.25, 0.3) is 0 Å². The number of hydrogen-bond acceptors (Lipinski definition) is 4. The average molecular weight is 252 g/mol. The lowest BCUT2D eigenvalue weighted by molar-refractivity contribution is 0.0636. The molecule has 0 fully saturated rings. The van der Waals surface area contributed by atoms with Crippen molar-refractivity contribution >= 4 is 23.5 Å². The second kappa shape index (κ2) is 5.42. The molecule has 1 aromatic rings. The van der Waals surface area contributed by atoms with E-state index in [9.17, 15) is 14.0 Å². The molecule has 0 aliphatic carbocycles. The number of aliphatic imine (C=N–C) groups is 1. The standard InChI is InChI=1S/C12H13FN2O3/c1-12(2,3)18-11(17)15-10-6-8(13)4-5-9(10)14-7-16/h4-6H,1-3H3,(H,15,17). The largest absolute Gasteiger partial charge is 0.444 e. The van der Waals surface area contributed by atoms with E-state index in [1.165, 1.54) is 12.1 Å². The molecule has 0 aliphatic heterocycles. The summed E-state index contributed by atoms with van der Waals surface area (Å²) < 4.78 is 18.0. The van der Waals surface area contributed by atoms with E-state index in [1.54, 1.807) is 20.8 Å². The molecule has 0 bridgehead atoms. The second-order valence-corrected chi connectivity index (χ2v) is 4.49. The molecule has 0 saturated carbocycles. The van der Waals surface area contributed by atoms with E-state index in [0.29, 0.717) is 0 Å². The molecule has 0 aromatic heterocycles. The molecule has 96 valence electrons. The summed E-state index contributed by atoms with van der Waals surface area (Å²) in [6, 6.07) is 3.42.